The predicted octanol–water partition coefficient (Wildman–Crippen LogP) is 5.20. The number of esters is 1. The smallest absolute Gasteiger partial charge is 0.341 e. The van der Waals surface area contributed by atoms with Gasteiger partial charge in [0.2, 0.25) is 11.6 Å². The Balaban J connectivity index is 0.000000879. The summed E-state index contributed by atoms with van der Waals surface area (Å²) in [4.78, 5) is 23.7. The van der Waals surface area contributed by atoms with Gasteiger partial charge in [0, 0.05) is 0 Å². The lowest BCUT2D eigenvalue weighted by atomic mass is 10.0. The zero-order valence-electron chi connectivity index (χ0n) is 16.9. The molecular formula is C20H26F4O4. The van der Waals surface area contributed by atoms with Gasteiger partial charge in [0.05, 0.1) is 19.3 Å². The Kier molecular flexibility index (Phi) is 11.1. The molecule has 0 spiro atoms. The van der Waals surface area contributed by atoms with Crippen molar-refractivity contribution < 1.29 is 36.6 Å². The van der Waals surface area contributed by atoms with Crippen molar-refractivity contribution in [3.63, 3.8) is 0 Å². The summed E-state index contributed by atoms with van der Waals surface area (Å²) in [5.74, 6) is -7.14. The standard InChI is InChI=1S/C14H13F3O4.C4H7F.C2H6/c1-4-7(14(19)21-5-2)12(18)8-6-9(15)11(17)13(20-3)10(8)16;1-3-2-4(3)5;1-2/h4,6H,5H2,1-3H3;3-4H,2H2,1H3;1-2H3/b7-4-;;. The molecule has 1 aliphatic rings. The summed E-state index contributed by atoms with van der Waals surface area (Å²) in [7, 11) is 0.928. The number of alkyl halides is 1. The number of hydrogen-bond acceptors (Lipinski definition) is 4. The molecule has 2 rings (SSSR count). The Labute approximate surface area is 162 Å². The van der Waals surface area contributed by atoms with Gasteiger partial charge in [0.15, 0.2) is 17.4 Å². The molecule has 2 unspecified atom stereocenters. The van der Waals surface area contributed by atoms with Crippen molar-refractivity contribution in [2.75, 3.05) is 13.7 Å². The first-order chi connectivity index (χ1) is 13.2. The van der Waals surface area contributed by atoms with E-state index in [4.69, 9.17) is 0 Å². The number of carbonyl (C=O) groups excluding carboxylic acids is 2. The van der Waals surface area contributed by atoms with Gasteiger partial charge in [0.25, 0.3) is 0 Å². The highest BCUT2D eigenvalue weighted by Gasteiger charge is 2.32. The second-order valence-electron chi connectivity index (χ2n) is 5.55. The number of halogens is 4. The number of allylic oxidation sites excluding steroid dienone is 1. The van der Waals surface area contributed by atoms with Gasteiger partial charge in [-0.2, -0.15) is 4.39 Å². The van der Waals surface area contributed by atoms with Gasteiger partial charge < -0.3 is 9.47 Å². The highest BCUT2D eigenvalue weighted by atomic mass is 19.2. The quantitative estimate of drug-likeness (QED) is 0.128. The van der Waals surface area contributed by atoms with E-state index in [1.54, 1.807) is 0 Å². The van der Waals surface area contributed by atoms with Gasteiger partial charge in [-0.3, -0.25) is 4.79 Å². The summed E-state index contributed by atoms with van der Waals surface area (Å²) < 4.78 is 61.2. The summed E-state index contributed by atoms with van der Waals surface area (Å²) in [6.45, 7) is 8.81. The van der Waals surface area contributed by atoms with Crippen LogP contribution < -0.4 is 4.74 Å². The lowest BCUT2D eigenvalue weighted by Gasteiger charge is -2.10. The number of ketones is 1. The first kappa shape index (κ1) is 25.6. The Morgan fingerprint density at radius 2 is 1.71 bits per heavy atom. The van der Waals surface area contributed by atoms with E-state index in [-0.39, 0.29) is 6.61 Å². The molecule has 0 aliphatic heterocycles. The van der Waals surface area contributed by atoms with Crippen LogP contribution in [0, 0.1) is 23.4 Å². The SMILES string of the molecule is C/C=C(\C(=O)OCC)C(=O)c1cc(F)c(F)c(OC)c1F.CC.CC1CC1F. The Morgan fingerprint density at radius 3 is 2.07 bits per heavy atom. The van der Waals surface area contributed by atoms with Crippen LogP contribution in [0.15, 0.2) is 17.7 Å². The average Bonchev–Trinajstić information content (AvgIpc) is 3.33. The number of Topliss-reactive ketones (excluding diaryl/α,β-unsaturated/α-hetero) is 1. The van der Waals surface area contributed by atoms with Gasteiger partial charge in [-0.25, -0.2) is 18.0 Å². The molecule has 0 N–H and O–H groups in total. The van der Waals surface area contributed by atoms with Gasteiger partial charge in [-0.05, 0) is 32.3 Å². The van der Waals surface area contributed by atoms with Gasteiger partial charge in [0.1, 0.15) is 11.7 Å². The fourth-order valence-electron chi connectivity index (χ4n) is 1.90. The third-order valence-electron chi connectivity index (χ3n) is 3.60. The number of rotatable bonds is 5. The summed E-state index contributed by atoms with van der Waals surface area (Å²) in [5, 5.41) is 0. The first-order valence-corrected chi connectivity index (χ1v) is 8.93. The average molecular weight is 406 g/mol. The fourth-order valence-corrected chi connectivity index (χ4v) is 1.90. The first-order valence-electron chi connectivity index (χ1n) is 8.93. The van der Waals surface area contributed by atoms with E-state index < -0.39 is 52.3 Å². The molecule has 1 aliphatic carbocycles. The van der Waals surface area contributed by atoms with E-state index in [0.717, 1.165) is 19.6 Å². The maximum atomic E-state index is 14.0. The van der Waals surface area contributed by atoms with Crippen LogP contribution in [0.25, 0.3) is 0 Å². The number of hydrogen-bond donors (Lipinski definition) is 0. The number of benzene rings is 1. The van der Waals surface area contributed by atoms with Crippen molar-refractivity contribution in [1.82, 2.24) is 0 Å². The van der Waals surface area contributed by atoms with Crippen LogP contribution in [0.5, 0.6) is 5.75 Å². The van der Waals surface area contributed by atoms with Crippen molar-refractivity contribution >= 4 is 11.8 Å². The number of methoxy groups -OCH3 is 1. The second-order valence-corrected chi connectivity index (χ2v) is 5.55. The van der Waals surface area contributed by atoms with E-state index in [1.165, 1.54) is 13.8 Å². The van der Waals surface area contributed by atoms with Gasteiger partial charge in [-0.1, -0.05) is 26.8 Å². The molecule has 28 heavy (non-hydrogen) atoms. The largest absolute Gasteiger partial charge is 0.491 e. The fraction of sp³-hybridized carbons (Fsp3) is 0.500. The third kappa shape index (κ3) is 6.65. The molecule has 1 aromatic rings. The van der Waals surface area contributed by atoms with E-state index >= 15 is 0 Å². The predicted molar refractivity (Wildman–Crippen MR) is 97.6 cm³/mol. The van der Waals surface area contributed by atoms with Crippen molar-refractivity contribution in [3.05, 3.63) is 40.7 Å². The highest BCUT2D eigenvalue weighted by molar-refractivity contribution is 6.24. The molecule has 0 amide bonds. The monoisotopic (exact) mass is 406 g/mol. The van der Waals surface area contributed by atoms with Gasteiger partial charge in [-0.15, -0.1) is 0 Å². The van der Waals surface area contributed by atoms with Crippen LogP contribution in [0.1, 0.15) is 51.4 Å². The lowest BCUT2D eigenvalue weighted by Crippen LogP contribution is -2.18. The summed E-state index contributed by atoms with van der Waals surface area (Å²) in [6.07, 6.45) is 1.46. The normalized spacial score (nSPS) is 17.4. The second kappa shape index (κ2) is 12.2. The van der Waals surface area contributed by atoms with Crippen LogP contribution in [0.2, 0.25) is 0 Å². The molecule has 2 atom stereocenters. The van der Waals surface area contributed by atoms with E-state index in [9.17, 15) is 27.2 Å². The van der Waals surface area contributed by atoms with Crippen LogP contribution in [-0.2, 0) is 9.53 Å². The molecule has 158 valence electrons. The molecule has 1 fully saturated rings. The minimum Gasteiger partial charge on any atom is -0.491 e. The Hall–Kier alpha value is -2.38. The minimum atomic E-state index is -1.55. The van der Waals surface area contributed by atoms with E-state index in [2.05, 4.69) is 9.47 Å². The minimum absolute atomic E-state index is 0.00698. The van der Waals surface area contributed by atoms with Crippen LogP contribution in [0.4, 0.5) is 17.6 Å². The maximum Gasteiger partial charge on any atom is 0.341 e. The van der Waals surface area contributed by atoms with Crippen LogP contribution >= 0.6 is 0 Å². The number of ether oxygens (including phenoxy) is 2. The lowest BCUT2D eigenvalue weighted by molar-refractivity contribution is -0.138. The van der Waals surface area contributed by atoms with Crippen molar-refractivity contribution in [3.8, 4) is 5.75 Å². The molecule has 0 bridgehead atoms. The molecule has 0 heterocycles. The molecule has 1 aromatic carbocycles. The third-order valence-corrected chi connectivity index (χ3v) is 3.60. The summed E-state index contributed by atoms with van der Waals surface area (Å²) >= 11 is 0. The topological polar surface area (TPSA) is 52.6 Å². The Bertz CT molecular complexity index is 711. The molecular weight excluding hydrogens is 380 g/mol. The molecule has 1 saturated carbocycles. The number of carbonyl (C=O) groups is 2. The van der Waals surface area contributed by atoms with Gasteiger partial charge >= 0.3 is 5.97 Å². The summed E-state index contributed by atoms with van der Waals surface area (Å²) in [5.41, 5.74) is -1.30. The Morgan fingerprint density at radius 1 is 1.21 bits per heavy atom. The summed E-state index contributed by atoms with van der Waals surface area (Å²) in [6, 6.07) is 0.373. The molecule has 0 aromatic heterocycles. The van der Waals surface area contributed by atoms with Crippen molar-refractivity contribution in [2.24, 2.45) is 5.92 Å². The molecule has 0 saturated heterocycles. The highest BCUT2D eigenvalue weighted by Crippen LogP contribution is 2.32. The van der Waals surface area contributed by atoms with Crippen LogP contribution in [-0.4, -0.2) is 31.6 Å². The molecule has 8 heteroatoms. The van der Waals surface area contributed by atoms with E-state index in [0.29, 0.717) is 12.0 Å². The maximum absolute atomic E-state index is 14.0. The zero-order valence-corrected chi connectivity index (χ0v) is 16.9. The van der Waals surface area contributed by atoms with Crippen molar-refractivity contribution in [2.45, 2.75) is 47.2 Å². The van der Waals surface area contributed by atoms with Crippen molar-refractivity contribution in [1.29, 1.82) is 0 Å². The van der Waals surface area contributed by atoms with E-state index in [1.807, 2.05) is 20.8 Å². The zero-order chi connectivity index (χ0) is 22.0. The molecule has 0 radical (unpaired) electrons. The molecule has 4 nitrogen and oxygen atoms in total. The van der Waals surface area contributed by atoms with Crippen LogP contribution in [0.3, 0.4) is 0 Å².